The molecule has 0 saturated heterocycles. The Hall–Kier alpha value is -8.30. The summed E-state index contributed by atoms with van der Waals surface area (Å²) in [6.07, 6.45) is -46.5. The van der Waals surface area contributed by atoms with Gasteiger partial charge in [0.15, 0.2) is 11.1 Å². The van der Waals surface area contributed by atoms with Crippen molar-refractivity contribution in [1.82, 2.24) is 4.57 Å². The molecule has 0 radical (unpaired) electrons. The average Bonchev–Trinajstić information content (AvgIpc) is 0.886. The van der Waals surface area contributed by atoms with E-state index in [9.17, 15) is 105 Å². The zero-order valence-corrected chi connectivity index (χ0v) is 58.2. The van der Waals surface area contributed by atoms with Crippen molar-refractivity contribution >= 4 is 74.4 Å². The summed E-state index contributed by atoms with van der Waals surface area (Å²) in [4.78, 5) is 0. The van der Waals surface area contributed by atoms with Crippen molar-refractivity contribution < 1.29 is 132 Å². The minimum atomic E-state index is -6.13. The summed E-state index contributed by atoms with van der Waals surface area (Å²) >= 11 is 19.1. The number of rotatable bonds is 12. The van der Waals surface area contributed by atoms with Gasteiger partial charge in [0.2, 0.25) is 6.33 Å². The second-order valence-electron chi connectivity index (χ2n) is 23.2. The van der Waals surface area contributed by atoms with Gasteiger partial charge in [-0.25, -0.2) is 0 Å². The fourth-order valence-electron chi connectivity index (χ4n) is 12.7. The Bertz CT molecular complexity index is 3930. The van der Waals surface area contributed by atoms with Gasteiger partial charge < -0.3 is 9.13 Å². The van der Waals surface area contributed by atoms with Crippen molar-refractivity contribution in [1.29, 1.82) is 0 Å². The quantitative estimate of drug-likeness (QED) is 0.0288. The zero-order valence-electron chi connectivity index (χ0n) is 53.7. The van der Waals surface area contributed by atoms with E-state index in [0.717, 1.165) is 33.4 Å². The maximum atomic E-state index is 14.2. The van der Waals surface area contributed by atoms with Crippen LogP contribution in [-0.2, 0) is 82.9 Å². The van der Waals surface area contributed by atoms with Gasteiger partial charge in [-0.2, -0.15) is 127 Å². The van der Waals surface area contributed by atoms with E-state index in [1.165, 1.54) is 0 Å². The van der Waals surface area contributed by atoms with E-state index in [-0.39, 0.29) is 33.1 Å². The van der Waals surface area contributed by atoms with Gasteiger partial charge in [0.1, 0.15) is 6.15 Å². The molecule has 0 atom stereocenters. The molecular weight excluding hydrogens is 1650 g/mol. The van der Waals surface area contributed by atoms with Crippen molar-refractivity contribution in [2.24, 2.45) is 0 Å². The largest absolute Gasteiger partial charge is 1.00 e. The summed E-state index contributed by atoms with van der Waals surface area (Å²) in [6.45, 7) is 0. The first-order chi connectivity index (χ1) is 49.4. The number of alkyl halides is 28. The standard InChI is InChI=1S/C41H32N2.C32H12BF24.2CH2Cl2.Ag/c1-7-19-34(20-8-1)40(35-21-9-2-10-22-35,36-23-11-3-12-24-36)42-31-32-43(33-42)41(37-25-13-4-14-26-37,38-27-15-5-16-28-38)39-29-17-6-18-30-39;34-25(35,36)13-1-14(26(37,38)39)6-21(5-13)33(22-7-15(27(40,41)42)2-16(8-22)28(43,44)45,23-9-17(29(46,47)48)3-18(10-23)30(49,50)51)24-11-19(31(52,53)54)4-20(12-24)32(55,56)57;2*2-1-3;/h1-32H;1-12H;2*1H2;/q;-1;;;+1. The van der Waals surface area contributed by atoms with E-state index >= 15 is 0 Å². The summed E-state index contributed by atoms with van der Waals surface area (Å²) in [6, 6.07) is 55.7. The maximum Gasteiger partial charge on any atom is 1.00 e. The predicted molar refractivity (Wildman–Crippen MR) is 356 cm³/mol. The van der Waals surface area contributed by atoms with Gasteiger partial charge in [0.25, 0.3) is 0 Å². The Morgan fingerprint density at radius 1 is 0.262 bits per heavy atom. The Balaban J connectivity index is 0.000000283. The average molecular weight is 1690 g/mol. The molecule has 10 aromatic carbocycles. The molecule has 32 heteroatoms. The molecule has 0 aliphatic carbocycles. The molecule has 107 heavy (non-hydrogen) atoms. The van der Waals surface area contributed by atoms with Gasteiger partial charge >= 0.3 is 71.8 Å². The zero-order chi connectivity index (χ0) is 78.3. The van der Waals surface area contributed by atoms with Crippen LogP contribution in [-0.4, -0.2) is 21.4 Å². The van der Waals surface area contributed by atoms with Crippen molar-refractivity contribution in [2.75, 3.05) is 10.7 Å². The molecule has 0 aliphatic rings. The van der Waals surface area contributed by atoms with Gasteiger partial charge in [-0.1, -0.05) is 231 Å². The smallest absolute Gasteiger partial charge is 0.335 e. The van der Waals surface area contributed by atoms with Crippen molar-refractivity contribution in [3.05, 3.63) is 351 Å². The van der Waals surface area contributed by atoms with Gasteiger partial charge in [-0.15, -0.1) is 46.4 Å². The molecule has 2 nitrogen and oxygen atoms in total. The van der Waals surface area contributed by atoms with Crippen LogP contribution in [0.4, 0.5) is 105 Å². The molecule has 1 aromatic heterocycles. The van der Waals surface area contributed by atoms with Crippen molar-refractivity contribution in [3.63, 3.8) is 0 Å². The minimum absolute atomic E-state index is 0. The third-order valence-electron chi connectivity index (χ3n) is 16.9. The molecule has 0 amide bonds. The number of halogens is 28. The van der Waals surface area contributed by atoms with Crippen LogP contribution in [0.15, 0.2) is 267 Å². The van der Waals surface area contributed by atoms with E-state index < -0.39 is 206 Å². The first kappa shape index (κ1) is 85.9. The van der Waals surface area contributed by atoms with Crippen LogP contribution >= 0.6 is 46.4 Å². The number of benzene rings is 10. The summed E-state index contributed by atoms with van der Waals surface area (Å²) in [5, 5.41) is 0.389. The number of imidazole rings is 1. The minimum Gasteiger partial charge on any atom is -0.335 e. The van der Waals surface area contributed by atoms with Crippen LogP contribution in [0.1, 0.15) is 77.9 Å². The Morgan fingerprint density at radius 3 is 0.598 bits per heavy atom. The Morgan fingerprint density at radius 2 is 0.430 bits per heavy atom. The van der Waals surface area contributed by atoms with Crippen LogP contribution in [0.25, 0.3) is 0 Å². The molecule has 0 N–H and O–H groups in total. The van der Waals surface area contributed by atoms with E-state index in [1.54, 1.807) is 0 Å². The molecule has 0 aliphatic heterocycles. The normalized spacial score (nSPS) is 12.7. The number of hydrogen-bond donors (Lipinski definition) is 0. The second-order valence-corrected chi connectivity index (χ2v) is 24.8. The van der Waals surface area contributed by atoms with E-state index in [1.807, 2.05) is 0 Å². The van der Waals surface area contributed by atoms with Gasteiger partial charge in [0, 0.05) is 33.4 Å². The summed E-state index contributed by atoms with van der Waals surface area (Å²) in [7, 11) is 0. The molecule has 11 aromatic rings. The maximum absolute atomic E-state index is 14.2. The molecular formula is C75H48AgBCl4F24N2. The van der Waals surface area contributed by atoms with Crippen LogP contribution in [0, 0.1) is 6.33 Å². The summed E-state index contributed by atoms with van der Waals surface area (Å²) in [5.74, 6) is 0. The Kier molecular flexibility index (Phi) is 27.0. The predicted octanol–water partition coefficient (Wildman–Crippen LogP) is 22.3. The first-order valence-corrected chi connectivity index (χ1v) is 32.5. The molecule has 0 saturated carbocycles. The van der Waals surface area contributed by atoms with Crippen LogP contribution in [0.2, 0.25) is 0 Å². The number of hydrogen-bond acceptors (Lipinski definition) is 0. The number of nitrogens with zero attached hydrogens (tertiary/aromatic N) is 2. The first-order valence-electron chi connectivity index (χ1n) is 30.4. The van der Waals surface area contributed by atoms with Gasteiger partial charge in [-0.3, -0.25) is 0 Å². The van der Waals surface area contributed by atoms with E-state index in [0.29, 0.717) is 0 Å². The molecule has 0 unspecified atom stereocenters. The van der Waals surface area contributed by atoms with Gasteiger partial charge in [0.05, 0.1) is 55.2 Å². The molecule has 1 heterocycles. The third-order valence-corrected chi connectivity index (χ3v) is 16.9. The Labute approximate surface area is 630 Å². The monoisotopic (exact) mass is 1690 g/mol. The molecule has 11 rings (SSSR count). The van der Waals surface area contributed by atoms with Crippen LogP contribution in [0.3, 0.4) is 0 Å². The molecule has 0 bridgehead atoms. The summed E-state index contributed by atoms with van der Waals surface area (Å²) < 4.78 is 345. The number of aromatic nitrogens is 2. The van der Waals surface area contributed by atoms with Crippen molar-refractivity contribution in [3.8, 4) is 0 Å². The van der Waals surface area contributed by atoms with Gasteiger partial charge in [-0.05, 0) is 36.7 Å². The SMILES string of the molecule is ClCCl.ClCCl.FC(F)(F)c1cc([B-](c2cc(C(F)(F)F)cc(C(F)(F)F)c2)(c2cc(C(F)(F)F)cc(C(F)(F)F)c2)c2cc(C(F)(F)F)cc(C(F)(F)F)c2)cc(C(F)(F)F)c1.[Ag+].[c-]1n(C(c2ccccc2)(c2ccccc2)c2ccccc2)cc[n+]1C(c1ccccc1)(c1ccccc1)c1ccccc1. The van der Waals surface area contributed by atoms with Crippen LogP contribution < -0.4 is 26.4 Å². The molecule has 0 fully saturated rings. The fraction of sp³-hybridized carbons (Fsp3) is 0.160. The second kappa shape index (κ2) is 33.7. The summed E-state index contributed by atoms with van der Waals surface area (Å²) in [5.41, 5.74) is -24.5. The van der Waals surface area contributed by atoms with E-state index in [4.69, 9.17) is 46.4 Å². The molecule has 0 spiro atoms. The molecule has 568 valence electrons. The van der Waals surface area contributed by atoms with Crippen LogP contribution in [0.5, 0.6) is 0 Å². The van der Waals surface area contributed by atoms with Crippen molar-refractivity contribution in [2.45, 2.75) is 60.5 Å². The fourth-order valence-corrected chi connectivity index (χ4v) is 12.7. The third kappa shape index (κ3) is 19.1. The topological polar surface area (TPSA) is 8.81 Å². The van der Waals surface area contributed by atoms with E-state index in [2.05, 4.69) is 210 Å².